The SMILES string of the molecule is CCCCCCCCCCCCCOC(=O)CC(C(=O)OCCCCCCCCCCCCC)S(=O)(=O)O.CCCCCCCCCCCCCOC(=O)CC(C(=O)OCCCCCCCCCCCCC)S(=O)(=O)[O-].[Na+]. The van der Waals surface area contributed by atoms with Gasteiger partial charge < -0.3 is 23.5 Å². The van der Waals surface area contributed by atoms with Crippen molar-refractivity contribution in [3.8, 4) is 0 Å². The van der Waals surface area contributed by atoms with Crippen LogP contribution < -0.4 is 29.6 Å². The van der Waals surface area contributed by atoms with Crippen LogP contribution in [-0.2, 0) is 58.4 Å². The Kier molecular flexibility index (Phi) is 61.6. The molecule has 0 spiro atoms. The zero-order valence-corrected chi connectivity index (χ0v) is 53.7. The molecule has 452 valence electrons. The molecule has 0 bridgehead atoms. The van der Waals surface area contributed by atoms with Crippen molar-refractivity contribution in [1.82, 2.24) is 0 Å². The molecule has 0 rings (SSSR count). The molecule has 0 aliphatic heterocycles. The molecule has 0 aromatic carbocycles. The molecular formula is C60H115NaO14S2. The van der Waals surface area contributed by atoms with Crippen molar-refractivity contribution >= 4 is 44.1 Å². The van der Waals surface area contributed by atoms with Gasteiger partial charge in [-0.1, -0.05) is 285 Å². The van der Waals surface area contributed by atoms with Gasteiger partial charge >= 0.3 is 53.4 Å². The molecule has 0 heterocycles. The Morgan fingerprint density at radius 2 is 0.506 bits per heavy atom. The smallest absolute Gasteiger partial charge is 0.747 e. The van der Waals surface area contributed by atoms with E-state index in [1.165, 1.54) is 180 Å². The van der Waals surface area contributed by atoms with Crippen LogP contribution in [0.2, 0.25) is 0 Å². The molecule has 0 aromatic heterocycles. The number of carbonyl (C=O) groups is 4. The first kappa shape index (κ1) is 79.9. The van der Waals surface area contributed by atoms with Crippen LogP contribution in [0.5, 0.6) is 0 Å². The molecule has 2 atom stereocenters. The van der Waals surface area contributed by atoms with Crippen LogP contribution in [0.3, 0.4) is 0 Å². The Hall–Kier alpha value is -1.30. The molecule has 0 saturated heterocycles. The second-order valence-electron chi connectivity index (χ2n) is 21.3. The van der Waals surface area contributed by atoms with E-state index < -0.39 is 67.5 Å². The first-order chi connectivity index (χ1) is 36.6. The zero-order chi connectivity index (χ0) is 56.6. The number of ether oxygens (including phenoxy) is 4. The summed E-state index contributed by atoms with van der Waals surface area (Å²) in [6.45, 7) is 9.35. The molecule has 0 aromatic rings. The van der Waals surface area contributed by atoms with E-state index in [4.69, 9.17) is 18.9 Å². The van der Waals surface area contributed by atoms with E-state index in [0.717, 1.165) is 77.0 Å². The van der Waals surface area contributed by atoms with Crippen LogP contribution in [0.4, 0.5) is 0 Å². The van der Waals surface area contributed by atoms with E-state index in [9.17, 15) is 45.1 Å². The number of esters is 4. The number of carbonyl (C=O) groups excluding carboxylic acids is 4. The summed E-state index contributed by atoms with van der Waals surface area (Å²) in [7, 11) is -9.76. The van der Waals surface area contributed by atoms with Crippen molar-refractivity contribution in [1.29, 1.82) is 0 Å². The van der Waals surface area contributed by atoms with Crippen LogP contribution in [0.15, 0.2) is 0 Å². The number of rotatable bonds is 56. The minimum absolute atomic E-state index is 0. The summed E-state index contributed by atoms with van der Waals surface area (Å²) in [6.07, 6.45) is 49.4. The quantitative estimate of drug-likeness (QED) is 0.0197. The monoisotopic (exact) mass is 1150 g/mol. The molecule has 0 aliphatic rings. The minimum atomic E-state index is -5.01. The minimum Gasteiger partial charge on any atom is -0.747 e. The van der Waals surface area contributed by atoms with Crippen LogP contribution in [-0.4, -0.2) is 86.7 Å². The van der Waals surface area contributed by atoms with Gasteiger partial charge in [0.05, 0.1) is 39.3 Å². The summed E-state index contributed by atoms with van der Waals surface area (Å²) >= 11 is 0. The van der Waals surface area contributed by atoms with E-state index in [1.807, 2.05) is 0 Å². The van der Waals surface area contributed by atoms with Gasteiger partial charge in [-0.2, -0.15) is 8.42 Å². The average Bonchev–Trinajstić information content (AvgIpc) is 3.37. The summed E-state index contributed by atoms with van der Waals surface area (Å²) in [5.41, 5.74) is 0. The molecule has 2 unspecified atom stereocenters. The molecule has 77 heavy (non-hydrogen) atoms. The molecule has 0 amide bonds. The molecule has 0 aliphatic carbocycles. The number of hydrogen-bond acceptors (Lipinski definition) is 13. The van der Waals surface area contributed by atoms with Crippen molar-refractivity contribution < 1.29 is 93.6 Å². The maximum absolute atomic E-state index is 12.2. The maximum Gasteiger partial charge on any atom is 1.00 e. The third-order valence-corrected chi connectivity index (χ3v) is 16.1. The van der Waals surface area contributed by atoms with Crippen LogP contribution in [0.25, 0.3) is 0 Å². The summed E-state index contributed by atoms with van der Waals surface area (Å²) in [4.78, 5) is 48.5. The van der Waals surface area contributed by atoms with Crippen molar-refractivity contribution in [3.05, 3.63) is 0 Å². The van der Waals surface area contributed by atoms with Gasteiger partial charge in [-0.3, -0.25) is 23.7 Å². The molecular weight excluding hydrogens is 1030 g/mol. The third kappa shape index (κ3) is 57.7. The Bertz CT molecular complexity index is 1450. The predicted molar refractivity (Wildman–Crippen MR) is 308 cm³/mol. The van der Waals surface area contributed by atoms with Gasteiger partial charge in [-0.05, 0) is 25.7 Å². The molecule has 0 saturated carbocycles. The number of unbranched alkanes of at least 4 members (excludes halogenated alkanes) is 40. The van der Waals surface area contributed by atoms with Crippen LogP contribution in [0, 0.1) is 0 Å². The van der Waals surface area contributed by atoms with Crippen molar-refractivity contribution in [2.24, 2.45) is 0 Å². The second-order valence-corrected chi connectivity index (χ2v) is 24.5. The van der Waals surface area contributed by atoms with E-state index >= 15 is 0 Å². The first-order valence-corrected chi connectivity index (χ1v) is 34.2. The molecule has 17 heteroatoms. The Morgan fingerprint density at radius 1 is 0.325 bits per heavy atom. The van der Waals surface area contributed by atoms with Gasteiger partial charge in [-0.15, -0.1) is 0 Å². The molecule has 1 N–H and O–H groups in total. The Labute approximate surface area is 494 Å². The zero-order valence-electron chi connectivity index (χ0n) is 50.1. The Balaban J connectivity index is -0.00000140. The topological polar surface area (TPSA) is 217 Å². The van der Waals surface area contributed by atoms with Gasteiger partial charge in [-0.25, -0.2) is 8.42 Å². The fourth-order valence-electron chi connectivity index (χ4n) is 9.00. The summed E-state index contributed by atoms with van der Waals surface area (Å²) in [5, 5.41) is -3.97. The maximum atomic E-state index is 12.2. The van der Waals surface area contributed by atoms with Crippen molar-refractivity contribution in [2.75, 3.05) is 26.4 Å². The van der Waals surface area contributed by atoms with E-state index in [-0.39, 0.29) is 56.0 Å². The third-order valence-electron chi connectivity index (χ3n) is 13.9. The molecule has 0 fully saturated rings. The average molecular weight is 1150 g/mol. The van der Waals surface area contributed by atoms with Gasteiger partial charge in [0.2, 0.25) is 0 Å². The molecule has 0 radical (unpaired) electrons. The van der Waals surface area contributed by atoms with Gasteiger partial charge in [0, 0.05) is 0 Å². The summed E-state index contributed by atoms with van der Waals surface area (Å²) in [6, 6.07) is 0. The van der Waals surface area contributed by atoms with Crippen LogP contribution >= 0.6 is 0 Å². The fraction of sp³-hybridized carbons (Fsp3) is 0.933. The summed E-state index contributed by atoms with van der Waals surface area (Å²) in [5.74, 6) is -3.91. The van der Waals surface area contributed by atoms with Crippen molar-refractivity contribution in [2.45, 2.75) is 334 Å². The van der Waals surface area contributed by atoms with Gasteiger partial charge in [0.15, 0.2) is 10.5 Å². The van der Waals surface area contributed by atoms with Crippen LogP contribution in [0.1, 0.15) is 323 Å². The van der Waals surface area contributed by atoms with Crippen molar-refractivity contribution in [3.63, 3.8) is 0 Å². The van der Waals surface area contributed by atoms with E-state index in [2.05, 4.69) is 27.7 Å². The predicted octanol–water partition coefficient (Wildman–Crippen LogP) is 13.3. The van der Waals surface area contributed by atoms with E-state index in [1.54, 1.807) is 0 Å². The first-order valence-electron chi connectivity index (χ1n) is 31.2. The normalized spacial score (nSPS) is 12.2. The largest absolute Gasteiger partial charge is 1.00 e. The Morgan fingerprint density at radius 3 is 0.714 bits per heavy atom. The fourth-order valence-corrected chi connectivity index (χ4v) is 10.3. The number of hydrogen-bond donors (Lipinski definition) is 1. The second kappa shape index (κ2) is 59.3. The van der Waals surface area contributed by atoms with Gasteiger partial charge in [0.1, 0.15) is 10.1 Å². The molecule has 14 nitrogen and oxygen atoms in total. The standard InChI is InChI=1S/2C30H58O7S.Na/c2*1-3-5-7-9-11-13-15-17-19-21-23-25-36-29(31)27-28(38(33,34)35)30(32)37-26-24-22-20-18-16-14-12-10-8-6-4-2;/h2*28H,3-27H2,1-2H3,(H,33,34,35);/q;;+1/p-1. The van der Waals surface area contributed by atoms with Gasteiger partial charge in [0.25, 0.3) is 10.1 Å². The van der Waals surface area contributed by atoms with E-state index in [0.29, 0.717) is 25.7 Å². The summed E-state index contributed by atoms with van der Waals surface area (Å²) < 4.78 is 87.5.